The van der Waals surface area contributed by atoms with Crippen LogP contribution in [0.5, 0.6) is 0 Å². The molecule has 0 spiro atoms. The van der Waals surface area contributed by atoms with Gasteiger partial charge >= 0.3 is 0 Å². The van der Waals surface area contributed by atoms with Crippen molar-refractivity contribution in [2.75, 3.05) is 0 Å². The quantitative estimate of drug-likeness (QED) is 0.601. The second-order valence-electron chi connectivity index (χ2n) is 1.70. The van der Waals surface area contributed by atoms with Crippen LogP contribution >= 0.6 is 0 Å². The van der Waals surface area contributed by atoms with Crippen molar-refractivity contribution in [3.05, 3.63) is 30.3 Å². The molecule has 0 nitrogen and oxygen atoms in total. The predicted octanol–water partition coefficient (Wildman–Crippen LogP) is 0.794. The van der Waals surface area contributed by atoms with Crippen LogP contribution < -0.4 is 5.19 Å². The first-order valence-electron chi connectivity index (χ1n) is 2.78. The minimum Gasteiger partial charge on any atom is -0.0699 e. The molecule has 0 amide bonds. The van der Waals surface area contributed by atoms with Crippen LogP contribution in [0.4, 0.5) is 0 Å². The number of hydrogen-bond donors (Lipinski definition) is 0. The normalized spacial score (nSPS) is 8.11. The van der Waals surface area contributed by atoms with Crippen LogP contribution in [-0.2, 0) is 32.7 Å². The molecule has 0 aromatic heterocycles. The third-order valence-electron chi connectivity index (χ3n) is 1.13. The molecule has 1 aromatic carbocycles. The van der Waals surface area contributed by atoms with E-state index in [0.29, 0.717) is 9.52 Å². The topological polar surface area (TPSA) is 0 Å². The van der Waals surface area contributed by atoms with Gasteiger partial charge in [0.1, 0.15) is 0 Å². The maximum absolute atomic E-state index is 2.25. The van der Waals surface area contributed by atoms with Gasteiger partial charge in [-0.25, -0.2) is 0 Å². The maximum Gasteiger partial charge on any atom is 0.0635 e. The molecule has 0 aliphatic rings. The Morgan fingerprint density at radius 1 is 1.11 bits per heavy atom. The van der Waals surface area contributed by atoms with Gasteiger partial charge in [0.2, 0.25) is 0 Å². The Labute approximate surface area is 83.8 Å². The van der Waals surface area contributed by atoms with Gasteiger partial charge in [-0.05, 0) is 0 Å². The summed E-state index contributed by atoms with van der Waals surface area (Å²) in [4.78, 5) is 0. The first kappa shape index (κ1) is 9.54. The Bertz CT molecular complexity index is 150. The molecule has 2 radical (unpaired) electrons. The van der Waals surface area contributed by atoms with E-state index in [2.05, 4.69) is 36.9 Å². The molecule has 0 fully saturated rings. The SMILES string of the molecule is C[SiH]c1ccccc1.[Y]. The zero-order valence-corrected chi connectivity index (χ0v) is 9.53. The molecular formula is C7H9SiY. The van der Waals surface area contributed by atoms with Gasteiger partial charge in [-0.1, -0.05) is 42.1 Å². The van der Waals surface area contributed by atoms with E-state index < -0.39 is 0 Å². The summed E-state index contributed by atoms with van der Waals surface area (Å²) in [6, 6.07) is 10.6. The van der Waals surface area contributed by atoms with Crippen molar-refractivity contribution in [2.24, 2.45) is 0 Å². The molecule has 0 saturated heterocycles. The average molecular weight is 210 g/mol. The van der Waals surface area contributed by atoms with E-state index in [0.717, 1.165) is 0 Å². The molecule has 0 saturated carbocycles. The molecule has 0 aliphatic heterocycles. The van der Waals surface area contributed by atoms with Crippen molar-refractivity contribution in [1.82, 2.24) is 0 Å². The van der Waals surface area contributed by atoms with Crippen molar-refractivity contribution >= 4 is 14.7 Å². The van der Waals surface area contributed by atoms with Crippen LogP contribution in [0.1, 0.15) is 0 Å². The summed E-state index contributed by atoms with van der Waals surface area (Å²) in [5.74, 6) is 0. The van der Waals surface area contributed by atoms with E-state index in [-0.39, 0.29) is 32.7 Å². The van der Waals surface area contributed by atoms with Gasteiger partial charge < -0.3 is 0 Å². The van der Waals surface area contributed by atoms with Crippen molar-refractivity contribution < 1.29 is 32.7 Å². The van der Waals surface area contributed by atoms with Crippen molar-refractivity contribution in [1.29, 1.82) is 0 Å². The summed E-state index contributed by atoms with van der Waals surface area (Å²) in [6.45, 7) is 2.25. The van der Waals surface area contributed by atoms with Crippen molar-refractivity contribution in [3.63, 3.8) is 0 Å². The molecular weight excluding hydrogens is 201 g/mol. The third kappa shape index (κ3) is 3.29. The Morgan fingerprint density at radius 3 is 2.00 bits per heavy atom. The first-order valence-corrected chi connectivity index (χ1v) is 4.51. The predicted molar refractivity (Wildman–Crippen MR) is 39.1 cm³/mol. The second-order valence-corrected chi connectivity index (χ2v) is 2.94. The number of rotatable bonds is 1. The van der Waals surface area contributed by atoms with E-state index in [1.54, 1.807) is 0 Å². The van der Waals surface area contributed by atoms with Crippen LogP contribution in [0.3, 0.4) is 0 Å². The maximum atomic E-state index is 2.25. The molecule has 44 valence electrons. The summed E-state index contributed by atoms with van der Waals surface area (Å²) in [5.41, 5.74) is 0. The Hall–Kier alpha value is 0.541. The van der Waals surface area contributed by atoms with E-state index in [1.165, 1.54) is 5.19 Å². The Morgan fingerprint density at radius 2 is 1.67 bits per heavy atom. The molecule has 0 bridgehead atoms. The third-order valence-corrected chi connectivity index (χ3v) is 2.18. The van der Waals surface area contributed by atoms with Gasteiger partial charge in [-0.2, -0.15) is 0 Å². The summed E-state index contributed by atoms with van der Waals surface area (Å²) < 4.78 is 0. The van der Waals surface area contributed by atoms with Crippen LogP contribution in [0.25, 0.3) is 0 Å². The molecule has 0 heterocycles. The fourth-order valence-corrected chi connectivity index (χ4v) is 1.25. The average Bonchev–Trinajstić information content (AvgIpc) is 1.90. The molecule has 0 aliphatic carbocycles. The van der Waals surface area contributed by atoms with E-state index in [4.69, 9.17) is 0 Å². The zero-order valence-electron chi connectivity index (χ0n) is 5.54. The first-order chi connectivity index (χ1) is 3.93. The molecule has 1 rings (SSSR count). The molecule has 1 aromatic rings. The molecule has 9 heavy (non-hydrogen) atoms. The standard InChI is InChI=1S/C7H9Si.Y/c1-8-7-5-3-2-4-6-7;/h2-6,8H,1H3;. The summed E-state index contributed by atoms with van der Waals surface area (Å²) >= 11 is 0. The van der Waals surface area contributed by atoms with Crippen LogP contribution in [-0.4, -0.2) is 9.52 Å². The van der Waals surface area contributed by atoms with Crippen molar-refractivity contribution in [2.45, 2.75) is 6.55 Å². The van der Waals surface area contributed by atoms with Crippen LogP contribution in [0.15, 0.2) is 30.3 Å². The van der Waals surface area contributed by atoms with Crippen molar-refractivity contribution in [3.8, 4) is 0 Å². The fraction of sp³-hybridized carbons (Fsp3) is 0.143. The van der Waals surface area contributed by atoms with Gasteiger partial charge in [-0.15, -0.1) is 0 Å². The molecule has 2 heteroatoms. The monoisotopic (exact) mass is 210 g/mol. The largest absolute Gasteiger partial charge is 0.0699 e. The number of hydrogen-bond acceptors (Lipinski definition) is 0. The van der Waals surface area contributed by atoms with E-state index >= 15 is 0 Å². The van der Waals surface area contributed by atoms with E-state index in [1.807, 2.05) is 0 Å². The fourth-order valence-electron chi connectivity index (χ4n) is 0.645. The van der Waals surface area contributed by atoms with Crippen LogP contribution in [0.2, 0.25) is 6.55 Å². The number of benzene rings is 1. The summed E-state index contributed by atoms with van der Waals surface area (Å²) in [6.07, 6.45) is 0. The Balaban J connectivity index is 0.000000640. The van der Waals surface area contributed by atoms with Gasteiger partial charge in [0, 0.05) is 32.7 Å². The molecule has 0 unspecified atom stereocenters. The zero-order chi connectivity index (χ0) is 5.82. The minimum absolute atomic E-state index is 0. The summed E-state index contributed by atoms with van der Waals surface area (Å²) in [7, 11) is 0.511. The van der Waals surface area contributed by atoms with Gasteiger partial charge in [-0.3, -0.25) is 0 Å². The van der Waals surface area contributed by atoms with Crippen LogP contribution in [0, 0.1) is 0 Å². The summed E-state index contributed by atoms with van der Waals surface area (Å²) in [5, 5.41) is 1.49. The second kappa shape index (κ2) is 5.34. The molecule has 0 N–H and O–H groups in total. The van der Waals surface area contributed by atoms with E-state index in [9.17, 15) is 0 Å². The Kier molecular flexibility index (Phi) is 5.66. The minimum atomic E-state index is 0. The molecule has 0 atom stereocenters. The van der Waals surface area contributed by atoms with Gasteiger partial charge in [0.25, 0.3) is 0 Å². The smallest absolute Gasteiger partial charge is 0.0635 e. The van der Waals surface area contributed by atoms with Gasteiger partial charge in [0.15, 0.2) is 0 Å². The van der Waals surface area contributed by atoms with Gasteiger partial charge in [0.05, 0.1) is 9.52 Å².